The molecule has 4 rings (SSSR count). The highest BCUT2D eigenvalue weighted by molar-refractivity contribution is 7.99. The van der Waals surface area contributed by atoms with E-state index in [-0.39, 0.29) is 18.1 Å². The maximum absolute atomic E-state index is 12.4. The molecule has 0 radical (unpaired) electrons. The van der Waals surface area contributed by atoms with Gasteiger partial charge < -0.3 is 10.3 Å². The first-order valence-corrected chi connectivity index (χ1v) is 11.8. The van der Waals surface area contributed by atoms with Crippen molar-refractivity contribution < 1.29 is 4.79 Å². The predicted octanol–water partition coefficient (Wildman–Crippen LogP) is 2.95. The van der Waals surface area contributed by atoms with Crippen molar-refractivity contribution in [3.8, 4) is 5.69 Å². The summed E-state index contributed by atoms with van der Waals surface area (Å²) in [5.41, 5.74) is 0.799. The molecular weight excluding hydrogens is 499 g/mol. The summed E-state index contributed by atoms with van der Waals surface area (Å²) in [6, 6.07) is 15.6. The number of nitrogens with one attached hydrogen (secondary N) is 3. The number of rotatable bonds is 8. The summed E-state index contributed by atoms with van der Waals surface area (Å²) >= 11 is 13.4. The molecule has 2 aromatic carbocycles. The maximum atomic E-state index is 12.4. The molecule has 12 heteroatoms. The van der Waals surface area contributed by atoms with E-state index >= 15 is 0 Å². The number of benzene rings is 2. The molecule has 0 fully saturated rings. The van der Waals surface area contributed by atoms with Gasteiger partial charge in [0, 0.05) is 40.5 Å². The highest BCUT2D eigenvalue weighted by atomic mass is 35.5. The van der Waals surface area contributed by atoms with Crippen LogP contribution >= 0.6 is 35.0 Å². The molecule has 3 N–H and O–H groups in total. The largest absolute Gasteiger partial charge is 0.351 e. The summed E-state index contributed by atoms with van der Waals surface area (Å²) in [4.78, 5) is 40.5. The average molecular weight is 517 g/mol. The van der Waals surface area contributed by atoms with Crippen LogP contribution in [0.5, 0.6) is 0 Å². The molecule has 9 nitrogen and oxygen atoms in total. The van der Waals surface area contributed by atoms with Crippen molar-refractivity contribution in [3.63, 3.8) is 0 Å². The van der Waals surface area contributed by atoms with E-state index in [9.17, 15) is 14.4 Å². The second-order valence-corrected chi connectivity index (χ2v) is 8.94. The summed E-state index contributed by atoms with van der Waals surface area (Å²) in [7, 11) is 0. The van der Waals surface area contributed by atoms with Crippen molar-refractivity contribution >= 4 is 40.9 Å². The van der Waals surface area contributed by atoms with Crippen molar-refractivity contribution in [2.75, 3.05) is 5.75 Å². The zero-order valence-electron chi connectivity index (χ0n) is 17.5. The number of amides is 1. The van der Waals surface area contributed by atoms with Gasteiger partial charge in [-0.25, -0.2) is 4.79 Å². The van der Waals surface area contributed by atoms with Gasteiger partial charge in [-0.15, -0.1) is 10.2 Å². The van der Waals surface area contributed by atoms with Crippen LogP contribution in [-0.4, -0.2) is 36.4 Å². The van der Waals surface area contributed by atoms with E-state index in [2.05, 4.69) is 25.5 Å². The fourth-order valence-electron chi connectivity index (χ4n) is 3.16. The van der Waals surface area contributed by atoms with Crippen molar-refractivity contribution in [1.82, 2.24) is 30.0 Å². The van der Waals surface area contributed by atoms with Crippen LogP contribution < -0.4 is 16.6 Å². The SMILES string of the molecule is O=C(CSc1nnc(Cc2cc(=O)[nH]c(=O)[nH]2)n1-c1ccc(Cl)cc1)NCc1ccccc1Cl. The number of carbonyl (C=O) groups excluding carboxylic acids is 1. The quantitative estimate of drug-likeness (QED) is 0.309. The molecule has 0 aliphatic heterocycles. The minimum Gasteiger partial charge on any atom is -0.351 e. The first-order chi connectivity index (χ1) is 16.4. The van der Waals surface area contributed by atoms with E-state index in [1.165, 1.54) is 17.8 Å². The van der Waals surface area contributed by atoms with Crippen molar-refractivity contribution in [2.24, 2.45) is 0 Å². The van der Waals surface area contributed by atoms with Crippen LogP contribution in [0.25, 0.3) is 5.69 Å². The highest BCUT2D eigenvalue weighted by Gasteiger charge is 2.17. The monoisotopic (exact) mass is 516 g/mol. The Morgan fingerprint density at radius 3 is 2.53 bits per heavy atom. The topological polar surface area (TPSA) is 126 Å². The summed E-state index contributed by atoms with van der Waals surface area (Å²) in [6.45, 7) is 0.310. The minimum absolute atomic E-state index is 0.0953. The van der Waals surface area contributed by atoms with E-state index in [1.807, 2.05) is 18.2 Å². The second kappa shape index (κ2) is 10.7. The molecule has 0 bridgehead atoms. The third-order valence-electron chi connectivity index (χ3n) is 4.72. The van der Waals surface area contributed by atoms with Gasteiger partial charge in [0.2, 0.25) is 5.91 Å². The molecule has 0 unspecified atom stereocenters. The lowest BCUT2D eigenvalue weighted by molar-refractivity contribution is -0.118. The normalized spacial score (nSPS) is 10.9. The number of hydrogen-bond acceptors (Lipinski definition) is 6. The smallest absolute Gasteiger partial charge is 0.325 e. The Bertz CT molecular complexity index is 1400. The first-order valence-electron chi connectivity index (χ1n) is 10.0. The number of hydrogen-bond donors (Lipinski definition) is 3. The maximum Gasteiger partial charge on any atom is 0.325 e. The number of halogens is 2. The van der Waals surface area contributed by atoms with Crippen molar-refractivity contribution in [3.05, 3.63) is 103 Å². The molecule has 34 heavy (non-hydrogen) atoms. The molecule has 1 amide bonds. The average Bonchev–Trinajstić information content (AvgIpc) is 3.19. The zero-order chi connectivity index (χ0) is 24.1. The first kappa shape index (κ1) is 23.8. The summed E-state index contributed by atoms with van der Waals surface area (Å²) in [6.07, 6.45) is 0.147. The van der Waals surface area contributed by atoms with E-state index in [4.69, 9.17) is 23.2 Å². The van der Waals surface area contributed by atoms with Crippen LogP contribution in [0.4, 0.5) is 0 Å². The molecule has 4 aromatic rings. The fourth-order valence-corrected chi connectivity index (χ4v) is 4.29. The molecule has 0 saturated carbocycles. The molecule has 2 heterocycles. The lowest BCUT2D eigenvalue weighted by Crippen LogP contribution is -2.25. The standard InChI is InChI=1S/C22H18Cl2N6O3S/c23-14-5-7-16(8-6-14)30-18(9-15-10-19(31)27-21(33)26-15)28-29-22(30)34-12-20(32)25-11-13-3-1-2-4-17(13)24/h1-8,10H,9,11-12H2,(H,25,32)(H2,26,27,31,33). The number of thioether (sulfide) groups is 1. The fraction of sp³-hybridized carbons (Fsp3) is 0.136. The van der Waals surface area contributed by atoms with Crippen LogP contribution in [0, 0.1) is 0 Å². The van der Waals surface area contributed by atoms with Crippen LogP contribution in [-0.2, 0) is 17.8 Å². The second-order valence-electron chi connectivity index (χ2n) is 7.16. The van der Waals surface area contributed by atoms with Gasteiger partial charge in [0.25, 0.3) is 5.56 Å². The van der Waals surface area contributed by atoms with E-state index in [0.717, 1.165) is 11.3 Å². The highest BCUT2D eigenvalue weighted by Crippen LogP contribution is 2.24. The Morgan fingerprint density at radius 2 is 1.79 bits per heavy atom. The molecule has 0 aliphatic rings. The molecular formula is C22H18Cl2N6O3S. The van der Waals surface area contributed by atoms with Crippen LogP contribution in [0.1, 0.15) is 17.1 Å². The number of nitrogens with zero attached hydrogens (tertiary/aromatic N) is 3. The molecule has 174 valence electrons. The Kier molecular flexibility index (Phi) is 7.51. The third kappa shape index (κ3) is 5.96. The Morgan fingerprint density at radius 1 is 1.03 bits per heavy atom. The van der Waals surface area contributed by atoms with Gasteiger partial charge >= 0.3 is 5.69 Å². The Labute approximate surface area is 207 Å². The van der Waals surface area contributed by atoms with Gasteiger partial charge in [0.15, 0.2) is 5.16 Å². The number of H-pyrrole nitrogens is 2. The van der Waals surface area contributed by atoms with Crippen LogP contribution in [0.15, 0.2) is 69.3 Å². The molecule has 0 atom stereocenters. The molecule has 0 spiro atoms. The number of aromatic amines is 2. The van der Waals surface area contributed by atoms with E-state index in [0.29, 0.717) is 33.3 Å². The Balaban J connectivity index is 1.54. The Hall–Kier alpha value is -3.34. The van der Waals surface area contributed by atoms with Gasteiger partial charge in [0.1, 0.15) is 5.82 Å². The minimum atomic E-state index is -0.607. The van der Waals surface area contributed by atoms with Gasteiger partial charge in [-0.3, -0.25) is 19.1 Å². The summed E-state index contributed by atoms with van der Waals surface area (Å²) in [5.74, 6) is 0.372. The third-order valence-corrected chi connectivity index (χ3v) is 6.27. The van der Waals surface area contributed by atoms with Gasteiger partial charge in [0.05, 0.1) is 5.75 Å². The number of carbonyl (C=O) groups is 1. The predicted molar refractivity (Wildman–Crippen MR) is 131 cm³/mol. The summed E-state index contributed by atoms with van der Waals surface area (Å²) < 4.78 is 1.75. The number of aromatic nitrogens is 5. The summed E-state index contributed by atoms with van der Waals surface area (Å²) in [5, 5.41) is 12.9. The van der Waals surface area contributed by atoms with Gasteiger partial charge in [-0.1, -0.05) is 53.2 Å². The lowest BCUT2D eigenvalue weighted by Gasteiger charge is -2.11. The van der Waals surface area contributed by atoms with Crippen LogP contribution in [0.2, 0.25) is 10.0 Å². The van der Waals surface area contributed by atoms with Crippen molar-refractivity contribution in [1.29, 1.82) is 0 Å². The van der Waals surface area contributed by atoms with E-state index < -0.39 is 11.2 Å². The van der Waals surface area contributed by atoms with E-state index in [1.54, 1.807) is 34.9 Å². The molecule has 0 saturated heterocycles. The lowest BCUT2D eigenvalue weighted by atomic mass is 10.2. The zero-order valence-corrected chi connectivity index (χ0v) is 19.9. The van der Waals surface area contributed by atoms with Gasteiger partial charge in [-0.05, 0) is 35.9 Å². The van der Waals surface area contributed by atoms with Crippen LogP contribution in [0.3, 0.4) is 0 Å². The van der Waals surface area contributed by atoms with Crippen molar-refractivity contribution in [2.45, 2.75) is 18.1 Å². The molecule has 2 aromatic heterocycles. The van der Waals surface area contributed by atoms with Gasteiger partial charge in [-0.2, -0.15) is 0 Å². The molecule has 0 aliphatic carbocycles.